The molecule has 1 fully saturated rings. The molecule has 0 radical (unpaired) electrons. The highest BCUT2D eigenvalue weighted by Gasteiger charge is 2.41. The van der Waals surface area contributed by atoms with Crippen molar-refractivity contribution >= 4 is 17.5 Å². The number of amides is 1. The van der Waals surface area contributed by atoms with Crippen molar-refractivity contribution in [1.29, 1.82) is 0 Å². The normalized spacial score (nSPS) is 17.7. The van der Waals surface area contributed by atoms with Crippen molar-refractivity contribution in [1.82, 2.24) is 20.0 Å². The number of benzene rings is 1. The van der Waals surface area contributed by atoms with Gasteiger partial charge in [0.25, 0.3) is 5.91 Å². The lowest BCUT2D eigenvalue weighted by Gasteiger charge is -2.24. The lowest BCUT2D eigenvalue weighted by Crippen LogP contribution is -2.39. The van der Waals surface area contributed by atoms with Gasteiger partial charge in [-0.25, -0.2) is 4.68 Å². The highest BCUT2D eigenvalue weighted by molar-refractivity contribution is 6.30. The fourth-order valence-corrected chi connectivity index (χ4v) is 3.01. The van der Waals surface area contributed by atoms with E-state index in [1.165, 1.54) is 36.2 Å². The second-order valence-electron chi connectivity index (χ2n) is 5.86. The van der Waals surface area contributed by atoms with Gasteiger partial charge in [0.1, 0.15) is 0 Å². The van der Waals surface area contributed by atoms with Crippen LogP contribution in [0.5, 0.6) is 0 Å². The maximum atomic E-state index is 13.6. The molecule has 2 aromatic rings. The van der Waals surface area contributed by atoms with E-state index in [0.717, 1.165) is 17.4 Å². The minimum Gasteiger partial charge on any atom is -0.337 e. The number of rotatable bonds is 3. The van der Waals surface area contributed by atoms with E-state index in [9.17, 15) is 18.0 Å². The Kier molecular flexibility index (Phi) is 4.75. The zero-order valence-corrected chi connectivity index (χ0v) is 14.1. The van der Waals surface area contributed by atoms with Gasteiger partial charge in [-0.05, 0) is 37.2 Å². The van der Waals surface area contributed by atoms with Crippen LogP contribution in [0, 0.1) is 0 Å². The highest BCUT2D eigenvalue weighted by atomic mass is 35.5. The Morgan fingerprint density at radius 2 is 2.04 bits per heavy atom. The average Bonchev–Trinajstić information content (AvgIpc) is 3.23. The van der Waals surface area contributed by atoms with Gasteiger partial charge in [-0.1, -0.05) is 11.6 Å². The number of carbonyl (C=O) groups excluding carboxylic acids is 1. The Balaban J connectivity index is 2.02. The molecule has 1 saturated heterocycles. The summed E-state index contributed by atoms with van der Waals surface area (Å²) in [4.78, 5) is 14.0. The van der Waals surface area contributed by atoms with Crippen molar-refractivity contribution in [3.63, 3.8) is 0 Å². The Morgan fingerprint density at radius 1 is 1.36 bits per heavy atom. The number of nitrogens with zero attached hydrogens (tertiary/aromatic N) is 3. The first-order valence-corrected chi connectivity index (χ1v) is 8.06. The van der Waals surface area contributed by atoms with Crippen LogP contribution in [0.4, 0.5) is 13.2 Å². The van der Waals surface area contributed by atoms with E-state index in [4.69, 9.17) is 11.6 Å². The monoisotopic (exact) mass is 372 g/mol. The molecule has 0 aliphatic carbocycles. The Hall–Kier alpha value is -2.06. The fourth-order valence-electron chi connectivity index (χ4n) is 2.88. The molecule has 5 nitrogen and oxygen atoms in total. The molecular weight excluding hydrogens is 357 g/mol. The minimum absolute atomic E-state index is 0.132. The number of nitrogens with one attached hydrogen (secondary N) is 1. The molecule has 1 N–H and O–H groups in total. The lowest BCUT2D eigenvalue weighted by atomic mass is 10.1. The van der Waals surface area contributed by atoms with Crippen LogP contribution in [0.25, 0.3) is 5.69 Å². The molecule has 25 heavy (non-hydrogen) atoms. The number of aromatic nitrogens is 2. The molecule has 1 atom stereocenters. The minimum atomic E-state index is -4.73. The molecular formula is C16H16ClF3N4O. The van der Waals surface area contributed by atoms with E-state index in [2.05, 4.69) is 10.4 Å². The molecule has 1 amide bonds. The van der Waals surface area contributed by atoms with Crippen LogP contribution in [0.15, 0.2) is 30.5 Å². The van der Waals surface area contributed by atoms with Crippen LogP contribution in [0.3, 0.4) is 0 Å². The van der Waals surface area contributed by atoms with Gasteiger partial charge < -0.3 is 10.2 Å². The SMILES string of the molecule is CN(C(=O)c1cnn(-c2ccc(Cl)cc2)c1C(F)(F)F)C1CCNC1. The molecule has 1 aliphatic heterocycles. The fraction of sp³-hybridized carbons (Fsp3) is 0.375. The van der Waals surface area contributed by atoms with Gasteiger partial charge in [-0.15, -0.1) is 0 Å². The summed E-state index contributed by atoms with van der Waals surface area (Å²) in [6.07, 6.45) is -3.05. The first-order valence-electron chi connectivity index (χ1n) is 7.68. The molecule has 0 spiro atoms. The number of hydrogen-bond donors (Lipinski definition) is 1. The third kappa shape index (κ3) is 3.50. The Labute approximate surface area is 147 Å². The summed E-state index contributed by atoms with van der Waals surface area (Å²) in [6.45, 7) is 1.30. The number of halogens is 4. The average molecular weight is 373 g/mol. The van der Waals surface area contributed by atoms with E-state index in [1.54, 1.807) is 0 Å². The van der Waals surface area contributed by atoms with E-state index < -0.39 is 23.3 Å². The van der Waals surface area contributed by atoms with E-state index in [-0.39, 0.29) is 11.7 Å². The predicted molar refractivity (Wildman–Crippen MR) is 86.9 cm³/mol. The van der Waals surface area contributed by atoms with Gasteiger partial charge in [0, 0.05) is 24.7 Å². The van der Waals surface area contributed by atoms with Gasteiger partial charge in [-0.3, -0.25) is 4.79 Å². The highest BCUT2D eigenvalue weighted by Crippen LogP contribution is 2.34. The van der Waals surface area contributed by atoms with Crippen molar-refractivity contribution < 1.29 is 18.0 Å². The summed E-state index contributed by atoms with van der Waals surface area (Å²) in [5.41, 5.74) is -1.37. The first kappa shape index (κ1) is 17.8. The van der Waals surface area contributed by atoms with Crippen molar-refractivity contribution in [3.8, 4) is 5.69 Å². The molecule has 1 aliphatic rings. The van der Waals surface area contributed by atoms with Crippen LogP contribution < -0.4 is 5.32 Å². The standard InChI is InChI=1S/C16H16ClF3N4O/c1-23(12-6-7-21-8-12)15(25)13-9-22-24(14(13)16(18,19)20)11-4-2-10(17)3-5-11/h2-5,9,12,21H,6-8H2,1H3. The van der Waals surface area contributed by atoms with Gasteiger partial charge in [0.2, 0.25) is 0 Å². The Bertz CT molecular complexity index is 767. The molecule has 134 valence electrons. The zero-order chi connectivity index (χ0) is 18.2. The maximum absolute atomic E-state index is 13.6. The van der Waals surface area contributed by atoms with Gasteiger partial charge >= 0.3 is 6.18 Å². The number of likely N-dealkylation sites (N-methyl/N-ethyl adjacent to an activating group) is 1. The predicted octanol–water partition coefficient (Wildman–Crippen LogP) is 2.98. The number of carbonyl (C=O) groups is 1. The van der Waals surface area contributed by atoms with Gasteiger partial charge in [0.15, 0.2) is 5.69 Å². The molecule has 0 bridgehead atoms. The molecule has 0 saturated carbocycles. The van der Waals surface area contributed by atoms with E-state index in [1.807, 2.05) is 0 Å². The molecule has 1 aromatic carbocycles. The molecule has 3 rings (SSSR count). The second kappa shape index (κ2) is 6.68. The largest absolute Gasteiger partial charge is 0.434 e. The smallest absolute Gasteiger partial charge is 0.337 e. The summed E-state index contributed by atoms with van der Waals surface area (Å²) < 4.78 is 41.6. The van der Waals surface area contributed by atoms with Crippen LogP contribution in [-0.4, -0.2) is 46.8 Å². The van der Waals surface area contributed by atoms with Crippen LogP contribution >= 0.6 is 11.6 Å². The summed E-state index contributed by atoms with van der Waals surface area (Å²) in [6, 6.07) is 5.65. The van der Waals surface area contributed by atoms with Crippen molar-refractivity contribution in [2.45, 2.75) is 18.6 Å². The summed E-state index contributed by atoms with van der Waals surface area (Å²) in [5, 5.41) is 7.29. The summed E-state index contributed by atoms with van der Waals surface area (Å²) in [5.74, 6) is -0.693. The second-order valence-corrected chi connectivity index (χ2v) is 6.29. The number of alkyl halides is 3. The molecule has 1 aromatic heterocycles. The molecule has 2 heterocycles. The number of hydrogen-bond acceptors (Lipinski definition) is 3. The summed E-state index contributed by atoms with van der Waals surface area (Å²) >= 11 is 5.78. The van der Waals surface area contributed by atoms with Crippen LogP contribution in [0.2, 0.25) is 5.02 Å². The van der Waals surface area contributed by atoms with Crippen molar-refractivity contribution in [3.05, 3.63) is 46.7 Å². The van der Waals surface area contributed by atoms with E-state index >= 15 is 0 Å². The third-order valence-electron chi connectivity index (χ3n) is 4.24. The first-order chi connectivity index (χ1) is 11.8. The van der Waals surface area contributed by atoms with Gasteiger partial charge in [0.05, 0.1) is 17.4 Å². The van der Waals surface area contributed by atoms with Gasteiger partial charge in [-0.2, -0.15) is 18.3 Å². The van der Waals surface area contributed by atoms with E-state index in [0.29, 0.717) is 18.0 Å². The third-order valence-corrected chi connectivity index (χ3v) is 4.49. The van der Waals surface area contributed by atoms with Crippen molar-refractivity contribution in [2.24, 2.45) is 0 Å². The lowest BCUT2D eigenvalue weighted by molar-refractivity contribution is -0.143. The van der Waals surface area contributed by atoms with Crippen LogP contribution in [0.1, 0.15) is 22.5 Å². The summed E-state index contributed by atoms with van der Waals surface area (Å²) in [7, 11) is 1.51. The molecule has 1 unspecified atom stereocenters. The molecule has 9 heteroatoms. The Morgan fingerprint density at radius 3 is 2.60 bits per heavy atom. The van der Waals surface area contributed by atoms with Crippen LogP contribution in [-0.2, 0) is 6.18 Å². The quantitative estimate of drug-likeness (QED) is 0.901. The van der Waals surface area contributed by atoms with Crippen molar-refractivity contribution in [2.75, 3.05) is 20.1 Å². The topological polar surface area (TPSA) is 50.2 Å². The maximum Gasteiger partial charge on any atom is 0.434 e. The zero-order valence-electron chi connectivity index (χ0n) is 13.3.